The zero-order valence-electron chi connectivity index (χ0n) is 8.16. The molecule has 0 atom stereocenters. The summed E-state index contributed by atoms with van der Waals surface area (Å²) in [7, 11) is 0. The summed E-state index contributed by atoms with van der Waals surface area (Å²) in [5.41, 5.74) is 0.720. The lowest BCUT2D eigenvalue weighted by Crippen LogP contribution is -1.75. The highest BCUT2D eigenvalue weighted by Crippen LogP contribution is 2.13. The van der Waals surface area contributed by atoms with Crippen molar-refractivity contribution in [3.05, 3.63) is 58.5 Å². The number of halogens is 1. The second-order valence-electron chi connectivity index (χ2n) is 3.00. The van der Waals surface area contributed by atoms with Gasteiger partial charge in [-0.2, -0.15) is 0 Å². The lowest BCUT2D eigenvalue weighted by atomic mass is 10.2. The van der Waals surface area contributed by atoms with Crippen LogP contribution in [0.2, 0.25) is 5.02 Å². The summed E-state index contributed by atoms with van der Waals surface area (Å²) in [4.78, 5) is 10.3. The van der Waals surface area contributed by atoms with Gasteiger partial charge in [-0.25, -0.2) is 0 Å². The number of carbonyl (C=O) groups excluding carboxylic acids is 1. The maximum absolute atomic E-state index is 10.3. The van der Waals surface area contributed by atoms with Crippen LogP contribution >= 0.6 is 11.6 Å². The van der Waals surface area contributed by atoms with E-state index in [4.69, 9.17) is 16.0 Å². The quantitative estimate of drug-likeness (QED) is 0.704. The minimum absolute atomic E-state index is 0.142. The Hall–Kier alpha value is -1.98. The fraction of sp³-hybridized carbons (Fsp3) is 0. The van der Waals surface area contributed by atoms with Crippen LogP contribution in [-0.4, -0.2) is 6.29 Å². The highest BCUT2D eigenvalue weighted by atomic mass is 35.5. The molecule has 77 valence electrons. The van der Waals surface area contributed by atoms with Gasteiger partial charge in [0.25, 0.3) is 6.29 Å². The smallest absolute Gasteiger partial charge is 0.271 e. The van der Waals surface area contributed by atoms with Crippen molar-refractivity contribution < 1.29 is 9.21 Å². The van der Waals surface area contributed by atoms with Gasteiger partial charge >= 0.3 is 0 Å². The summed E-state index contributed by atoms with van der Waals surface area (Å²) in [6, 6.07) is 10.4. The molecule has 16 heavy (non-hydrogen) atoms. The fourth-order valence-corrected chi connectivity index (χ4v) is 1.33. The largest absolute Gasteiger partial charge is 0.444 e. The highest BCUT2D eigenvalue weighted by molar-refractivity contribution is 6.31. The van der Waals surface area contributed by atoms with Crippen molar-refractivity contribution in [2.75, 3.05) is 0 Å². The first-order valence-electron chi connectivity index (χ1n) is 4.54. The Kier molecular flexibility index (Phi) is 3.09. The molecular formula is C13H6ClO2. The Bertz CT molecular complexity index is 573. The summed E-state index contributed by atoms with van der Waals surface area (Å²) in [6.07, 6.45) is 1.65. The number of hydrogen-bond acceptors (Lipinski definition) is 2. The number of furan rings is 1. The summed E-state index contributed by atoms with van der Waals surface area (Å²) < 4.78 is 5.05. The third-order valence-electron chi connectivity index (χ3n) is 1.90. The Morgan fingerprint density at radius 3 is 2.44 bits per heavy atom. The van der Waals surface area contributed by atoms with Crippen LogP contribution < -0.4 is 0 Å². The number of benzene rings is 1. The minimum atomic E-state index is 0.142. The molecule has 0 unspecified atom stereocenters. The van der Waals surface area contributed by atoms with E-state index in [1.165, 1.54) is 6.07 Å². The molecule has 1 heterocycles. The standard InChI is InChI=1S/C13H6ClO2/c14-13-4-2-1-3-10(13)5-6-11-7-8-12(9-15)16-11/h1-4,7-8H. The Morgan fingerprint density at radius 2 is 1.75 bits per heavy atom. The zero-order chi connectivity index (χ0) is 11.4. The van der Waals surface area contributed by atoms with Gasteiger partial charge in [0.05, 0.1) is 5.02 Å². The highest BCUT2D eigenvalue weighted by Gasteiger charge is 1.98. The topological polar surface area (TPSA) is 30.2 Å². The van der Waals surface area contributed by atoms with E-state index in [-0.39, 0.29) is 5.76 Å². The summed E-state index contributed by atoms with van der Waals surface area (Å²) in [6.45, 7) is 0. The molecule has 0 fully saturated rings. The fourth-order valence-electron chi connectivity index (χ4n) is 1.15. The first kappa shape index (κ1) is 10.5. The van der Waals surface area contributed by atoms with Crippen LogP contribution in [0, 0.1) is 11.8 Å². The Balaban J connectivity index is 2.28. The maximum Gasteiger partial charge on any atom is 0.271 e. The zero-order valence-corrected chi connectivity index (χ0v) is 8.91. The molecule has 2 aromatic rings. The molecule has 0 bridgehead atoms. The summed E-state index contributed by atoms with van der Waals surface area (Å²) in [5, 5.41) is 0.587. The molecule has 1 aromatic carbocycles. The molecule has 2 nitrogen and oxygen atoms in total. The molecule has 0 amide bonds. The minimum Gasteiger partial charge on any atom is -0.444 e. The molecule has 2 rings (SSSR count). The lowest BCUT2D eigenvalue weighted by molar-refractivity contribution is 0.512. The molecule has 0 aliphatic carbocycles. The van der Waals surface area contributed by atoms with Crippen LogP contribution in [0.15, 0.2) is 40.8 Å². The van der Waals surface area contributed by atoms with E-state index in [1.807, 2.05) is 18.2 Å². The number of hydrogen-bond donors (Lipinski definition) is 0. The molecule has 0 spiro atoms. The van der Waals surface area contributed by atoms with Crippen molar-refractivity contribution in [3.8, 4) is 11.8 Å². The molecule has 0 saturated carbocycles. The van der Waals surface area contributed by atoms with Crippen LogP contribution in [0.5, 0.6) is 0 Å². The number of rotatable bonds is 1. The molecule has 0 saturated heterocycles. The Morgan fingerprint density at radius 1 is 1.00 bits per heavy atom. The first-order valence-corrected chi connectivity index (χ1v) is 4.92. The molecule has 1 aromatic heterocycles. The third-order valence-corrected chi connectivity index (χ3v) is 2.23. The van der Waals surface area contributed by atoms with E-state index in [9.17, 15) is 4.79 Å². The third kappa shape index (κ3) is 2.33. The molecule has 1 radical (unpaired) electrons. The van der Waals surface area contributed by atoms with Crippen molar-refractivity contribution in [2.24, 2.45) is 0 Å². The van der Waals surface area contributed by atoms with E-state index >= 15 is 0 Å². The Labute approximate surface area is 97.8 Å². The van der Waals surface area contributed by atoms with Crippen molar-refractivity contribution >= 4 is 17.9 Å². The molecule has 0 aliphatic heterocycles. The van der Waals surface area contributed by atoms with Gasteiger partial charge in [-0.3, -0.25) is 4.79 Å². The van der Waals surface area contributed by atoms with Crippen molar-refractivity contribution in [1.29, 1.82) is 0 Å². The lowest BCUT2D eigenvalue weighted by Gasteiger charge is -1.91. The van der Waals surface area contributed by atoms with Gasteiger partial charge in [0.15, 0.2) is 11.5 Å². The molecule has 0 aliphatic rings. The van der Waals surface area contributed by atoms with Crippen molar-refractivity contribution in [2.45, 2.75) is 0 Å². The maximum atomic E-state index is 10.3. The van der Waals surface area contributed by atoms with Crippen molar-refractivity contribution in [3.63, 3.8) is 0 Å². The second kappa shape index (κ2) is 4.69. The van der Waals surface area contributed by atoms with E-state index in [0.29, 0.717) is 10.8 Å². The van der Waals surface area contributed by atoms with E-state index < -0.39 is 0 Å². The van der Waals surface area contributed by atoms with Gasteiger partial charge in [0.1, 0.15) is 0 Å². The predicted octanol–water partition coefficient (Wildman–Crippen LogP) is 2.79. The van der Waals surface area contributed by atoms with Crippen LogP contribution in [0.25, 0.3) is 0 Å². The summed E-state index contributed by atoms with van der Waals surface area (Å²) >= 11 is 5.93. The average molecular weight is 230 g/mol. The normalized spacial score (nSPS) is 9.31. The van der Waals surface area contributed by atoms with Crippen LogP contribution in [-0.2, 0) is 4.79 Å². The van der Waals surface area contributed by atoms with Crippen molar-refractivity contribution in [1.82, 2.24) is 0 Å². The van der Waals surface area contributed by atoms with E-state index in [0.717, 1.165) is 5.56 Å². The van der Waals surface area contributed by atoms with Gasteiger partial charge < -0.3 is 4.42 Å². The van der Waals surface area contributed by atoms with Gasteiger partial charge in [0.2, 0.25) is 0 Å². The molecule has 0 N–H and O–H groups in total. The van der Waals surface area contributed by atoms with Gasteiger partial charge in [-0.15, -0.1) is 0 Å². The molecular weight excluding hydrogens is 224 g/mol. The average Bonchev–Trinajstić information content (AvgIpc) is 2.76. The predicted molar refractivity (Wildman–Crippen MR) is 60.9 cm³/mol. The van der Waals surface area contributed by atoms with Crippen LogP contribution in [0.3, 0.4) is 0 Å². The van der Waals surface area contributed by atoms with Crippen LogP contribution in [0.1, 0.15) is 17.1 Å². The van der Waals surface area contributed by atoms with E-state index in [2.05, 4.69) is 11.8 Å². The summed E-state index contributed by atoms with van der Waals surface area (Å²) in [5.74, 6) is 6.19. The monoisotopic (exact) mass is 229 g/mol. The van der Waals surface area contributed by atoms with E-state index in [1.54, 1.807) is 18.4 Å². The van der Waals surface area contributed by atoms with Gasteiger partial charge in [-0.1, -0.05) is 29.7 Å². The first-order chi connectivity index (χ1) is 7.79. The molecule has 3 heteroatoms. The SMILES string of the molecule is O=[C]c1ccc(C#Cc2ccccc2Cl)o1. The van der Waals surface area contributed by atoms with Gasteiger partial charge in [-0.05, 0) is 30.2 Å². The second-order valence-corrected chi connectivity index (χ2v) is 3.40. The van der Waals surface area contributed by atoms with Crippen LogP contribution in [0.4, 0.5) is 0 Å². The van der Waals surface area contributed by atoms with Gasteiger partial charge in [0, 0.05) is 5.56 Å².